The maximum Gasteiger partial charge on any atom is 0.276 e. The van der Waals surface area contributed by atoms with Crippen LogP contribution in [-0.4, -0.2) is 42.0 Å². The van der Waals surface area contributed by atoms with Crippen LogP contribution in [0.15, 0.2) is 24.4 Å². The molecule has 94 valence electrons. The van der Waals surface area contributed by atoms with E-state index < -0.39 is 0 Å². The number of pyridine rings is 1. The Balaban J connectivity index is 2.45. The molecule has 0 aromatic carbocycles. The average molecular weight is 263 g/mol. The van der Waals surface area contributed by atoms with Gasteiger partial charge in [0, 0.05) is 20.3 Å². The minimum absolute atomic E-state index is 0.176. The Kier molecular flexibility index (Phi) is 3.57. The minimum Gasteiger partial charge on any atom is -0.485 e. The van der Waals surface area contributed by atoms with Crippen LogP contribution in [0.3, 0.4) is 0 Å². The summed E-state index contributed by atoms with van der Waals surface area (Å²) >= 11 is 1.31. The second kappa shape index (κ2) is 5.14. The number of thiazole rings is 1. The van der Waals surface area contributed by atoms with E-state index in [2.05, 4.69) is 9.97 Å². The van der Waals surface area contributed by atoms with Crippen molar-refractivity contribution in [1.29, 1.82) is 0 Å². The van der Waals surface area contributed by atoms with Crippen molar-refractivity contribution in [2.75, 3.05) is 21.2 Å². The predicted molar refractivity (Wildman–Crippen MR) is 69.9 cm³/mol. The molecule has 2 aromatic heterocycles. The number of rotatable bonds is 3. The van der Waals surface area contributed by atoms with Gasteiger partial charge in [-0.3, -0.25) is 9.78 Å². The molecule has 0 aliphatic heterocycles. The van der Waals surface area contributed by atoms with Crippen LogP contribution < -0.4 is 4.74 Å². The van der Waals surface area contributed by atoms with Crippen LogP contribution in [0.5, 0.6) is 5.06 Å². The molecule has 0 aliphatic carbocycles. The first-order chi connectivity index (χ1) is 8.63. The zero-order chi connectivity index (χ0) is 13.1. The Morgan fingerprint density at radius 1 is 1.39 bits per heavy atom. The zero-order valence-corrected chi connectivity index (χ0v) is 11.2. The second-order valence-corrected chi connectivity index (χ2v) is 4.74. The first kappa shape index (κ1) is 12.5. The number of aromatic nitrogens is 2. The van der Waals surface area contributed by atoms with Crippen LogP contribution in [-0.2, 0) is 0 Å². The lowest BCUT2D eigenvalue weighted by Crippen LogP contribution is -2.22. The molecule has 0 saturated carbocycles. The van der Waals surface area contributed by atoms with Gasteiger partial charge in [0.05, 0.1) is 12.8 Å². The molecule has 2 aromatic rings. The second-order valence-electron chi connectivity index (χ2n) is 3.77. The molecule has 18 heavy (non-hydrogen) atoms. The van der Waals surface area contributed by atoms with E-state index in [1.807, 2.05) is 18.2 Å². The lowest BCUT2D eigenvalue weighted by molar-refractivity contribution is 0.0819. The normalized spacial score (nSPS) is 10.2. The first-order valence-electron chi connectivity index (χ1n) is 5.31. The van der Waals surface area contributed by atoms with Gasteiger partial charge >= 0.3 is 0 Å². The molecule has 0 bridgehead atoms. The van der Waals surface area contributed by atoms with Crippen LogP contribution in [0.25, 0.3) is 10.7 Å². The molecule has 0 fully saturated rings. The number of methoxy groups -OCH3 is 1. The molecule has 0 atom stereocenters. The summed E-state index contributed by atoms with van der Waals surface area (Å²) in [4.78, 5) is 21.9. The van der Waals surface area contributed by atoms with Crippen LogP contribution >= 0.6 is 11.3 Å². The predicted octanol–water partition coefficient (Wildman–Crippen LogP) is 1.92. The number of amides is 1. The van der Waals surface area contributed by atoms with E-state index in [4.69, 9.17) is 4.74 Å². The lowest BCUT2D eigenvalue weighted by atomic mass is 10.3. The van der Waals surface area contributed by atoms with E-state index in [1.54, 1.807) is 20.3 Å². The number of hydrogen-bond donors (Lipinski definition) is 0. The Morgan fingerprint density at radius 2 is 2.17 bits per heavy atom. The zero-order valence-electron chi connectivity index (χ0n) is 10.4. The van der Waals surface area contributed by atoms with E-state index in [0.717, 1.165) is 5.69 Å². The molecule has 6 heteroatoms. The first-order valence-corrected chi connectivity index (χ1v) is 6.13. The van der Waals surface area contributed by atoms with Gasteiger partial charge in [-0.25, -0.2) is 4.98 Å². The fourth-order valence-electron chi connectivity index (χ4n) is 1.39. The van der Waals surface area contributed by atoms with Crippen LogP contribution in [0.1, 0.15) is 10.5 Å². The van der Waals surface area contributed by atoms with Gasteiger partial charge in [-0.15, -0.1) is 0 Å². The molecule has 2 rings (SSSR count). The van der Waals surface area contributed by atoms with Crippen LogP contribution in [0.4, 0.5) is 0 Å². The van der Waals surface area contributed by atoms with Gasteiger partial charge in [0.25, 0.3) is 5.91 Å². The van der Waals surface area contributed by atoms with E-state index >= 15 is 0 Å². The molecule has 0 unspecified atom stereocenters. The summed E-state index contributed by atoms with van der Waals surface area (Å²) in [5, 5.41) is 1.19. The maximum atomic E-state index is 11.9. The van der Waals surface area contributed by atoms with Crippen molar-refractivity contribution in [3.63, 3.8) is 0 Å². The van der Waals surface area contributed by atoms with E-state index in [9.17, 15) is 4.79 Å². The highest BCUT2D eigenvalue weighted by atomic mass is 32.1. The Labute approximate surface area is 109 Å². The molecule has 0 spiro atoms. The van der Waals surface area contributed by atoms with Gasteiger partial charge in [-0.05, 0) is 12.1 Å². The molecule has 5 nitrogen and oxygen atoms in total. The quantitative estimate of drug-likeness (QED) is 0.849. The fourth-order valence-corrected chi connectivity index (χ4v) is 2.24. The summed E-state index contributed by atoms with van der Waals surface area (Å²) in [6.07, 6.45) is 1.69. The monoisotopic (exact) mass is 263 g/mol. The smallest absolute Gasteiger partial charge is 0.276 e. The largest absolute Gasteiger partial charge is 0.485 e. The van der Waals surface area contributed by atoms with Crippen molar-refractivity contribution in [2.24, 2.45) is 0 Å². The standard InChI is InChI=1S/C12H13N3O2S/c1-15(2)11(16)9-12(17-3)18-10(14-9)8-6-4-5-7-13-8/h4-7H,1-3H3. The van der Waals surface area contributed by atoms with E-state index in [0.29, 0.717) is 15.8 Å². The number of nitrogens with zero attached hydrogens (tertiary/aromatic N) is 3. The van der Waals surface area contributed by atoms with Gasteiger partial charge in [0.2, 0.25) is 5.06 Å². The van der Waals surface area contributed by atoms with Gasteiger partial charge in [-0.1, -0.05) is 17.4 Å². The Morgan fingerprint density at radius 3 is 2.72 bits per heavy atom. The molecular formula is C12H13N3O2S. The minimum atomic E-state index is -0.176. The van der Waals surface area contributed by atoms with Gasteiger partial charge in [0.15, 0.2) is 5.69 Å². The third-order valence-electron chi connectivity index (χ3n) is 2.27. The molecule has 2 heterocycles. The summed E-state index contributed by atoms with van der Waals surface area (Å²) in [6, 6.07) is 5.56. The Bertz CT molecular complexity index is 552. The van der Waals surface area contributed by atoms with Crippen LogP contribution in [0.2, 0.25) is 0 Å². The highest BCUT2D eigenvalue weighted by Crippen LogP contribution is 2.33. The molecular weight excluding hydrogens is 250 g/mol. The lowest BCUT2D eigenvalue weighted by Gasteiger charge is -2.08. The van der Waals surface area contributed by atoms with Crippen molar-refractivity contribution in [3.05, 3.63) is 30.1 Å². The number of carbonyl (C=O) groups excluding carboxylic acids is 1. The highest BCUT2D eigenvalue weighted by Gasteiger charge is 2.21. The van der Waals surface area contributed by atoms with Crippen LogP contribution in [0, 0.1) is 0 Å². The highest BCUT2D eigenvalue weighted by molar-refractivity contribution is 7.17. The SMILES string of the molecule is COc1sc(-c2ccccn2)nc1C(=O)N(C)C. The van der Waals surface area contributed by atoms with E-state index in [-0.39, 0.29) is 5.91 Å². The van der Waals surface area contributed by atoms with Gasteiger partial charge in [-0.2, -0.15) is 0 Å². The Hall–Kier alpha value is -1.95. The van der Waals surface area contributed by atoms with Crippen molar-refractivity contribution in [1.82, 2.24) is 14.9 Å². The summed E-state index contributed by atoms with van der Waals surface area (Å²) in [7, 11) is 4.89. The third kappa shape index (κ3) is 2.33. The van der Waals surface area contributed by atoms with Gasteiger partial charge in [0.1, 0.15) is 5.01 Å². The summed E-state index contributed by atoms with van der Waals surface area (Å²) in [5.41, 5.74) is 1.06. The third-order valence-corrected chi connectivity index (χ3v) is 3.31. The summed E-state index contributed by atoms with van der Waals surface area (Å²) in [5.74, 6) is -0.176. The van der Waals surface area contributed by atoms with Gasteiger partial charge < -0.3 is 9.64 Å². The van der Waals surface area contributed by atoms with Crippen molar-refractivity contribution < 1.29 is 9.53 Å². The molecule has 1 amide bonds. The fraction of sp³-hybridized carbons (Fsp3) is 0.250. The maximum absolute atomic E-state index is 11.9. The number of ether oxygens (including phenoxy) is 1. The average Bonchev–Trinajstić information content (AvgIpc) is 2.82. The molecule has 0 aliphatic rings. The molecule has 0 radical (unpaired) electrons. The molecule has 0 N–H and O–H groups in total. The van der Waals surface area contributed by atoms with Crippen molar-refractivity contribution in [3.8, 4) is 15.8 Å². The topological polar surface area (TPSA) is 55.3 Å². The number of hydrogen-bond acceptors (Lipinski definition) is 5. The summed E-state index contributed by atoms with van der Waals surface area (Å²) < 4.78 is 5.20. The van der Waals surface area contributed by atoms with E-state index in [1.165, 1.54) is 23.3 Å². The molecule has 0 saturated heterocycles. The summed E-state index contributed by atoms with van der Waals surface area (Å²) in [6.45, 7) is 0. The van der Waals surface area contributed by atoms with Crippen molar-refractivity contribution >= 4 is 17.2 Å². The van der Waals surface area contributed by atoms with Crippen molar-refractivity contribution in [2.45, 2.75) is 0 Å². The number of carbonyl (C=O) groups is 1.